The summed E-state index contributed by atoms with van der Waals surface area (Å²) >= 11 is 0. The van der Waals surface area contributed by atoms with Crippen LogP contribution in [-0.4, -0.2) is 47.2 Å². The predicted octanol–water partition coefficient (Wildman–Crippen LogP) is 1.03. The zero-order valence-corrected chi connectivity index (χ0v) is 11.5. The Morgan fingerprint density at radius 3 is 2.84 bits per heavy atom. The van der Waals surface area contributed by atoms with E-state index >= 15 is 0 Å². The molecule has 0 unspecified atom stereocenters. The normalized spacial score (nSPS) is 27.5. The molecule has 0 spiro atoms. The van der Waals surface area contributed by atoms with E-state index in [9.17, 15) is 4.79 Å². The number of hydrogen-bond donors (Lipinski definition) is 1. The third kappa shape index (κ3) is 2.76. The molecule has 102 valence electrons. The van der Waals surface area contributed by atoms with Crippen molar-refractivity contribution in [3.8, 4) is 0 Å². The van der Waals surface area contributed by atoms with Gasteiger partial charge in [0.25, 0.3) is 5.91 Å². The summed E-state index contributed by atoms with van der Waals surface area (Å²) in [6.07, 6.45) is 4.19. The highest BCUT2D eigenvalue weighted by atomic mass is 16.2. The van der Waals surface area contributed by atoms with Crippen molar-refractivity contribution in [3.05, 3.63) is 23.5 Å². The lowest BCUT2D eigenvalue weighted by Crippen LogP contribution is -2.40. The molecule has 0 radical (unpaired) electrons. The van der Waals surface area contributed by atoms with Crippen molar-refractivity contribution in [3.63, 3.8) is 0 Å². The molecule has 1 aromatic rings. The minimum atomic E-state index is -0.0952. The quantitative estimate of drug-likeness (QED) is 0.882. The molecule has 1 N–H and O–H groups in total. The van der Waals surface area contributed by atoms with Crippen molar-refractivity contribution in [1.29, 1.82) is 0 Å². The van der Waals surface area contributed by atoms with Crippen molar-refractivity contribution in [2.75, 3.05) is 20.1 Å². The molecule has 1 amide bonds. The van der Waals surface area contributed by atoms with Crippen LogP contribution in [0.5, 0.6) is 0 Å². The second-order valence-electron chi connectivity index (χ2n) is 5.93. The van der Waals surface area contributed by atoms with E-state index in [4.69, 9.17) is 0 Å². The highest BCUT2D eigenvalue weighted by Crippen LogP contribution is 2.39. The lowest BCUT2D eigenvalue weighted by atomic mass is 10.1. The number of likely N-dealkylation sites (N-methyl/N-ethyl adjacent to an activating group) is 1. The molecule has 1 aliphatic heterocycles. The molecule has 2 aliphatic rings. The fourth-order valence-electron chi connectivity index (χ4n) is 2.77. The Hall–Kier alpha value is -1.49. The van der Waals surface area contributed by atoms with Crippen molar-refractivity contribution in [1.82, 2.24) is 20.4 Å². The number of carbonyl (C=O) groups is 1. The summed E-state index contributed by atoms with van der Waals surface area (Å²) in [5.74, 6) is 0.981. The first-order chi connectivity index (χ1) is 9.13. The second-order valence-corrected chi connectivity index (χ2v) is 5.93. The van der Waals surface area contributed by atoms with Crippen molar-refractivity contribution >= 4 is 5.91 Å². The van der Waals surface area contributed by atoms with Gasteiger partial charge in [0, 0.05) is 19.1 Å². The molecule has 5 nitrogen and oxygen atoms in total. The molecule has 0 bridgehead atoms. The smallest absolute Gasteiger partial charge is 0.272 e. The van der Waals surface area contributed by atoms with Crippen LogP contribution in [-0.2, 0) is 0 Å². The number of nitrogens with zero attached hydrogens (tertiary/aromatic N) is 3. The molecule has 2 fully saturated rings. The van der Waals surface area contributed by atoms with Crippen LogP contribution in [0.25, 0.3) is 0 Å². The van der Waals surface area contributed by atoms with E-state index in [-0.39, 0.29) is 11.9 Å². The average Bonchev–Trinajstić information content (AvgIpc) is 3.18. The topological polar surface area (TPSA) is 58.1 Å². The maximum absolute atomic E-state index is 12.2. The Labute approximate surface area is 113 Å². The second kappa shape index (κ2) is 4.89. The third-order valence-corrected chi connectivity index (χ3v) is 4.07. The lowest BCUT2D eigenvalue weighted by molar-refractivity contribution is 0.0925. The van der Waals surface area contributed by atoms with Crippen molar-refractivity contribution in [2.45, 2.75) is 31.7 Å². The Balaban J connectivity index is 1.68. The SMILES string of the molecule is C[C@@H]1CN(C)C[C@@H]1NC(=O)c1cc(C2CC2)cnn1. The van der Waals surface area contributed by atoms with Gasteiger partial charge < -0.3 is 10.2 Å². The maximum Gasteiger partial charge on any atom is 0.272 e. The van der Waals surface area contributed by atoms with E-state index in [2.05, 4.69) is 34.4 Å². The number of nitrogens with one attached hydrogen (secondary N) is 1. The van der Waals surface area contributed by atoms with Crippen LogP contribution in [0.1, 0.15) is 41.7 Å². The highest BCUT2D eigenvalue weighted by Gasteiger charge is 2.30. The van der Waals surface area contributed by atoms with Gasteiger partial charge in [-0.15, -0.1) is 5.10 Å². The van der Waals surface area contributed by atoms with E-state index in [1.54, 1.807) is 6.20 Å². The molecule has 1 saturated heterocycles. The number of carbonyl (C=O) groups excluding carboxylic acids is 1. The minimum Gasteiger partial charge on any atom is -0.346 e. The van der Waals surface area contributed by atoms with Gasteiger partial charge in [-0.05, 0) is 43.4 Å². The van der Waals surface area contributed by atoms with Gasteiger partial charge >= 0.3 is 0 Å². The molecule has 0 aromatic carbocycles. The molecular weight excluding hydrogens is 240 g/mol. The summed E-state index contributed by atoms with van der Waals surface area (Å²) in [6, 6.07) is 2.10. The van der Waals surface area contributed by atoms with Crippen LogP contribution >= 0.6 is 0 Å². The van der Waals surface area contributed by atoms with E-state index in [1.165, 1.54) is 12.8 Å². The van der Waals surface area contributed by atoms with Gasteiger partial charge in [-0.2, -0.15) is 5.10 Å². The van der Waals surface area contributed by atoms with Crippen LogP contribution in [0.4, 0.5) is 0 Å². The fraction of sp³-hybridized carbons (Fsp3) is 0.643. The average molecular weight is 260 g/mol. The summed E-state index contributed by atoms with van der Waals surface area (Å²) in [6.45, 7) is 4.10. The van der Waals surface area contributed by atoms with Gasteiger partial charge in [-0.25, -0.2) is 0 Å². The Kier molecular flexibility index (Phi) is 3.22. The van der Waals surface area contributed by atoms with Crippen molar-refractivity contribution in [2.24, 2.45) is 5.92 Å². The van der Waals surface area contributed by atoms with Gasteiger partial charge in [-0.1, -0.05) is 6.92 Å². The van der Waals surface area contributed by atoms with Crippen LogP contribution < -0.4 is 5.32 Å². The van der Waals surface area contributed by atoms with Gasteiger partial charge in [-0.3, -0.25) is 4.79 Å². The lowest BCUT2D eigenvalue weighted by Gasteiger charge is -2.16. The number of hydrogen-bond acceptors (Lipinski definition) is 4. The summed E-state index contributed by atoms with van der Waals surface area (Å²) in [7, 11) is 2.08. The van der Waals surface area contributed by atoms with E-state index in [0.717, 1.165) is 18.7 Å². The largest absolute Gasteiger partial charge is 0.346 e. The van der Waals surface area contributed by atoms with Crippen LogP contribution in [0.3, 0.4) is 0 Å². The Morgan fingerprint density at radius 1 is 1.42 bits per heavy atom. The number of amides is 1. The number of aromatic nitrogens is 2. The number of rotatable bonds is 3. The van der Waals surface area contributed by atoms with Gasteiger partial charge in [0.1, 0.15) is 0 Å². The molecule has 1 aliphatic carbocycles. The molecule has 2 atom stereocenters. The van der Waals surface area contributed by atoms with Crippen LogP contribution in [0.2, 0.25) is 0 Å². The van der Waals surface area contributed by atoms with Crippen LogP contribution in [0, 0.1) is 5.92 Å². The fourth-order valence-corrected chi connectivity index (χ4v) is 2.77. The summed E-state index contributed by atoms with van der Waals surface area (Å²) in [5, 5.41) is 11.0. The van der Waals surface area contributed by atoms with Crippen LogP contribution in [0.15, 0.2) is 12.3 Å². The molecule has 5 heteroatoms. The zero-order valence-electron chi connectivity index (χ0n) is 11.5. The predicted molar refractivity (Wildman–Crippen MR) is 71.9 cm³/mol. The third-order valence-electron chi connectivity index (χ3n) is 4.07. The summed E-state index contributed by atoms with van der Waals surface area (Å²) < 4.78 is 0. The first-order valence-corrected chi connectivity index (χ1v) is 6.95. The van der Waals surface area contributed by atoms with Crippen molar-refractivity contribution < 1.29 is 4.79 Å². The molecule has 1 aromatic heterocycles. The Morgan fingerprint density at radius 2 is 2.21 bits per heavy atom. The van der Waals surface area contributed by atoms with E-state index in [1.807, 2.05) is 6.07 Å². The first-order valence-electron chi connectivity index (χ1n) is 6.95. The van der Waals surface area contributed by atoms with Gasteiger partial charge in [0.15, 0.2) is 5.69 Å². The van der Waals surface area contributed by atoms with E-state index < -0.39 is 0 Å². The molecule has 3 rings (SSSR count). The molecular formula is C14H20N4O. The summed E-state index contributed by atoms with van der Waals surface area (Å²) in [4.78, 5) is 14.5. The maximum atomic E-state index is 12.2. The minimum absolute atomic E-state index is 0.0952. The number of likely N-dealkylation sites (tertiary alicyclic amines) is 1. The Bertz CT molecular complexity index is 486. The van der Waals surface area contributed by atoms with E-state index in [0.29, 0.717) is 17.5 Å². The van der Waals surface area contributed by atoms with Gasteiger partial charge in [0.05, 0.1) is 6.20 Å². The molecule has 2 heterocycles. The highest BCUT2D eigenvalue weighted by molar-refractivity contribution is 5.92. The summed E-state index contributed by atoms with van der Waals surface area (Å²) in [5.41, 5.74) is 1.60. The zero-order chi connectivity index (χ0) is 13.4. The first kappa shape index (κ1) is 12.5. The molecule has 1 saturated carbocycles. The monoisotopic (exact) mass is 260 g/mol. The molecule has 19 heavy (non-hydrogen) atoms. The standard InChI is InChI=1S/C14H20N4O/c1-9-7-18(2)8-13(9)16-14(19)12-5-11(6-15-17-12)10-3-4-10/h5-6,9-10,13H,3-4,7-8H2,1-2H3,(H,16,19)/t9-,13+/m1/s1. The van der Waals surface area contributed by atoms with Gasteiger partial charge in [0.2, 0.25) is 0 Å².